The third-order valence-corrected chi connectivity index (χ3v) is 4.43. The van der Waals surface area contributed by atoms with Gasteiger partial charge in [-0.15, -0.1) is 0 Å². The number of hydrogen-bond acceptors (Lipinski definition) is 3. The van der Waals surface area contributed by atoms with Crippen molar-refractivity contribution in [3.8, 4) is 0 Å². The molecule has 3 rings (SSSR count). The predicted octanol–water partition coefficient (Wildman–Crippen LogP) is 3.04. The minimum absolute atomic E-state index is 0.256. The minimum atomic E-state index is 0.256. The summed E-state index contributed by atoms with van der Waals surface area (Å²) < 4.78 is 5.58. The number of ether oxygens (including phenoxy) is 1. The van der Waals surface area contributed by atoms with Gasteiger partial charge in [0.05, 0.1) is 17.5 Å². The van der Waals surface area contributed by atoms with Crippen LogP contribution in [0, 0.1) is 5.92 Å². The molecule has 2 aliphatic rings. The number of fused-ring (bicyclic) bond motifs is 1. The van der Waals surface area contributed by atoms with E-state index in [1.54, 1.807) is 0 Å². The van der Waals surface area contributed by atoms with E-state index >= 15 is 0 Å². The summed E-state index contributed by atoms with van der Waals surface area (Å²) in [6, 6.07) is 8.10. The van der Waals surface area contributed by atoms with Gasteiger partial charge in [-0.25, -0.2) is 0 Å². The first-order valence-corrected chi connectivity index (χ1v) is 8.02. The number of nitrogens with one attached hydrogen (secondary N) is 1. The molecule has 1 amide bonds. The highest BCUT2D eigenvalue weighted by atomic mass is 16.5. The van der Waals surface area contributed by atoms with Crippen LogP contribution in [0.2, 0.25) is 0 Å². The number of para-hydroxylation sites is 2. The van der Waals surface area contributed by atoms with Crippen molar-refractivity contribution in [2.45, 2.75) is 38.7 Å². The molecule has 0 atom stereocenters. The first-order chi connectivity index (χ1) is 10.3. The van der Waals surface area contributed by atoms with Crippen LogP contribution in [-0.4, -0.2) is 31.7 Å². The Morgan fingerprint density at radius 2 is 2.19 bits per heavy atom. The lowest BCUT2D eigenvalue weighted by atomic mass is 9.79. The zero-order valence-corrected chi connectivity index (χ0v) is 12.7. The maximum atomic E-state index is 12.6. The molecule has 1 aromatic rings. The van der Waals surface area contributed by atoms with Gasteiger partial charge in [-0.1, -0.05) is 12.1 Å². The number of carbonyl (C=O) groups is 1. The van der Waals surface area contributed by atoms with Gasteiger partial charge in [0.2, 0.25) is 5.91 Å². The zero-order valence-electron chi connectivity index (χ0n) is 12.7. The van der Waals surface area contributed by atoms with Gasteiger partial charge in [-0.3, -0.25) is 4.79 Å². The smallest absolute Gasteiger partial charge is 0.227 e. The Bertz CT molecular complexity index is 497. The fourth-order valence-corrected chi connectivity index (χ4v) is 3.27. The molecule has 114 valence electrons. The summed E-state index contributed by atoms with van der Waals surface area (Å²) in [6.07, 6.45) is 4.09. The number of rotatable bonds is 4. The van der Waals surface area contributed by atoms with Crippen LogP contribution in [0.15, 0.2) is 24.3 Å². The topological polar surface area (TPSA) is 41.6 Å². The van der Waals surface area contributed by atoms with Gasteiger partial charge >= 0.3 is 0 Å². The van der Waals surface area contributed by atoms with Crippen molar-refractivity contribution in [1.29, 1.82) is 0 Å². The monoisotopic (exact) mass is 288 g/mol. The standard InChI is InChI=1S/C17H24N2O2/c1-2-21-14-10-13(11-14)12-17(20)19-9-5-8-18-15-6-3-4-7-16(15)19/h3-4,6-7,13-14,18H,2,5,8-12H2,1H3. The highest BCUT2D eigenvalue weighted by Crippen LogP contribution is 2.35. The van der Waals surface area contributed by atoms with E-state index in [0.29, 0.717) is 18.4 Å². The molecule has 0 spiro atoms. The fourth-order valence-electron chi connectivity index (χ4n) is 3.27. The molecule has 0 radical (unpaired) electrons. The van der Waals surface area contributed by atoms with Crippen molar-refractivity contribution in [1.82, 2.24) is 0 Å². The van der Waals surface area contributed by atoms with Crippen LogP contribution in [0.5, 0.6) is 0 Å². The Kier molecular flexibility index (Phi) is 4.44. The zero-order chi connectivity index (χ0) is 14.7. The van der Waals surface area contributed by atoms with E-state index in [-0.39, 0.29) is 5.91 Å². The summed E-state index contributed by atoms with van der Waals surface area (Å²) >= 11 is 0. The molecule has 1 heterocycles. The van der Waals surface area contributed by atoms with Crippen LogP contribution in [0.3, 0.4) is 0 Å². The second-order valence-corrected chi connectivity index (χ2v) is 5.96. The predicted molar refractivity (Wildman–Crippen MR) is 84.7 cm³/mol. The van der Waals surface area contributed by atoms with E-state index in [1.165, 1.54) is 0 Å². The average molecular weight is 288 g/mol. The lowest BCUT2D eigenvalue weighted by Gasteiger charge is -2.35. The van der Waals surface area contributed by atoms with Crippen LogP contribution in [0.25, 0.3) is 0 Å². The summed E-state index contributed by atoms with van der Waals surface area (Å²) in [7, 11) is 0. The molecule has 0 saturated heterocycles. The van der Waals surface area contributed by atoms with E-state index in [2.05, 4.69) is 11.4 Å². The largest absolute Gasteiger partial charge is 0.383 e. The van der Waals surface area contributed by atoms with E-state index in [4.69, 9.17) is 4.74 Å². The van der Waals surface area contributed by atoms with Gasteiger partial charge in [0.1, 0.15) is 0 Å². The molecule has 4 heteroatoms. The molecule has 1 aliphatic carbocycles. The van der Waals surface area contributed by atoms with Crippen molar-refractivity contribution >= 4 is 17.3 Å². The molecule has 1 aromatic carbocycles. The normalized spacial score (nSPS) is 24.5. The SMILES string of the molecule is CCOC1CC(CC(=O)N2CCCNc3ccccc32)C1. The van der Waals surface area contributed by atoms with Crippen molar-refractivity contribution in [2.75, 3.05) is 29.9 Å². The molecule has 21 heavy (non-hydrogen) atoms. The summed E-state index contributed by atoms with van der Waals surface area (Å²) in [6.45, 7) is 4.54. The van der Waals surface area contributed by atoms with Crippen LogP contribution in [0.4, 0.5) is 11.4 Å². The Balaban J connectivity index is 1.62. The highest BCUT2D eigenvalue weighted by molar-refractivity contribution is 5.97. The Hall–Kier alpha value is -1.55. The third-order valence-electron chi connectivity index (χ3n) is 4.43. The summed E-state index contributed by atoms with van der Waals surface area (Å²) in [4.78, 5) is 14.6. The maximum absolute atomic E-state index is 12.6. The number of carbonyl (C=O) groups excluding carboxylic acids is 1. The quantitative estimate of drug-likeness (QED) is 0.926. The van der Waals surface area contributed by atoms with Crippen LogP contribution >= 0.6 is 0 Å². The van der Waals surface area contributed by atoms with Gasteiger partial charge in [0, 0.05) is 26.1 Å². The van der Waals surface area contributed by atoms with Crippen LogP contribution in [0.1, 0.15) is 32.6 Å². The van der Waals surface area contributed by atoms with Crippen LogP contribution in [-0.2, 0) is 9.53 Å². The number of hydrogen-bond donors (Lipinski definition) is 1. The first kappa shape index (κ1) is 14.4. The number of nitrogens with zero attached hydrogens (tertiary/aromatic N) is 1. The molecule has 1 aliphatic heterocycles. The third kappa shape index (κ3) is 3.21. The lowest BCUT2D eigenvalue weighted by Crippen LogP contribution is -2.38. The van der Waals surface area contributed by atoms with Crippen molar-refractivity contribution < 1.29 is 9.53 Å². The van der Waals surface area contributed by atoms with Crippen LogP contribution < -0.4 is 10.2 Å². The molecule has 1 saturated carbocycles. The minimum Gasteiger partial charge on any atom is -0.383 e. The molecule has 0 aromatic heterocycles. The Morgan fingerprint density at radius 3 is 3.00 bits per heavy atom. The van der Waals surface area contributed by atoms with Gasteiger partial charge in [0.25, 0.3) is 0 Å². The molecular weight excluding hydrogens is 264 g/mol. The fraction of sp³-hybridized carbons (Fsp3) is 0.588. The van der Waals surface area contributed by atoms with Gasteiger partial charge in [-0.2, -0.15) is 0 Å². The second-order valence-electron chi connectivity index (χ2n) is 5.96. The number of benzene rings is 1. The average Bonchev–Trinajstić information content (AvgIpc) is 2.67. The summed E-state index contributed by atoms with van der Waals surface area (Å²) in [5, 5.41) is 3.40. The maximum Gasteiger partial charge on any atom is 0.227 e. The van der Waals surface area contributed by atoms with Gasteiger partial charge in [-0.05, 0) is 44.2 Å². The lowest BCUT2D eigenvalue weighted by molar-refractivity contribution is -0.121. The molecule has 1 fully saturated rings. The summed E-state index contributed by atoms with van der Waals surface area (Å²) in [5.41, 5.74) is 2.10. The molecule has 4 nitrogen and oxygen atoms in total. The van der Waals surface area contributed by atoms with E-state index in [9.17, 15) is 4.79 Å². The molecule has 0 unspecified atom stereocenters. The van der Waals surface area contributed by atoms with E-state index < -0.39 is 0 Å². The molecule has 0 bridgehead atoms. The first-order valence-electron chi connectivity index (χ1n) is 8.02. The Morgan fingerprint density at radius 1 is 1.38 bits per heavy atom. The van der Waals surface area contributed by atoms with Gasteiger partial charge < -0.3 is 15.0 Å². The molecule has 1 N–H and O–H groups in total. The van der Waals surface area contributed by atoms with Crippen molar-refractivity contribution in [3.05, 3.63) is 24.3 Å². The number of anilines is 2. The van der Waals surface area contributed by atoms with Gasteiger partial charge in [0.15, 0.2) is 0 Å². The van der Waals surface area contributed by atoms with E-state index in [0.717, 1.165) is 50.3 Å². The number of amides is 1. The van der Waals surface area contributed by atoms with Crippen molar-refractivity contribution in [3.63, 3.8) is 0 Å². The molecular formula is C17H24N2O2. The Labute approximate surface area is 126 Å². The van der Waals surface area contributed by atoms with Crippen molar-refractivity contribution in [2.24, 2.45) is 5.92 Å². The van der Waals surface area contributed by atoms with E-state index in [1.807, 2.05) is 30.0 Å². The highest BCUT2D eigenvalue weighted by Gasteiger charge is 2.33. The summed E-state index contributed by atoms with van der Waals surface area (Å²) in [5.74, 6) is 0.753. The second kappa shape index (κ2) is 6.48.